The molecule has 0 aliphatic rings. The molecule has 0 atom stereocenters. The van der Waals surface area contributed by atoms with Crippen molar-refractivity contribution in [2.75, 3.05) is 0 Å². The first-order valence-corrected chi connectivity index (χ1v) is 4.65. The van der Waals surface area contributed by atoms with Crippen LogP contribution in [0.4, 0.5) is 0 Å². The molecular formula is C10H14N3+. The summed E-state index contributed by atoms with van der Waals surface area (Å²) in [6.07, 6.45) is 1.11. The third-order valence-corrected chi connectivity index (χ3v) is 2.22. The summed E-state index contributed by atoms with van der Waals surface area (Å²) < 4.78 is 2.10. The van der Waals surface area contributed by atoms with Gasteiger partial charge in [-0.1, -0.05) is 19.1 Å². The van der Waals surface area contributed by atoms with Crippen LogP contribution < -0.4 is 4.68 Å². The van der Waals surface area contributed by atoms with Crippen LogP contribution in [0.15, 0.2) is 24.3 Å². The Hall–Kier alpha value is -1.38. The van der Waals surface area contributed by atoms with Gasteiger partial charge >= 0.3 is 0 Å². The minimum atomic E-state index is 0.977. The van der Waals surface area contributed by atoms with E-state index in [9.17, 15) is 0 Å². The third kappa shape index (κ3) is 1.30. The van der Waals surface area contributed by atoms with Crippen LogP contribution in [-0.4, -0.2) is 9.90 Å². The molecule has 2 aromatic rings. The van der Waals surface area contributed by atoms with Gasteiger partial charge in [0.05, 0.1) is 6.54 Å². The fourth-order valence-electron chi connectivity index (χ4n) is 1.54. The standard InChI is InChI=1S/C10H14N3/c1-3-8-13-11-9-6-4-5-7-10(9)12(13)2/h4-7H,3,8H2,1-2H3/q+1. The molecule has 13 heavy (non-hydrogen) atoms. The number of aryl methyl sites for hydroxylation is 2. The summed E-state index contributed by atoms with van der Waals surface area (Å²) in [6.45, 7) is 3.14. The van der Waals surface area contributed by atoms with E-state index in [0.717, 1.165) is 18.5 Å². The van der Waals surface area contributed by atoms with E-state index in [2.05, 4.69) is 22.8 Å². The van der Waals surface area contributed by atoms with Gasteiger partial charge in [0.1, 0.15) is 7.05 Å². The second-order valence-corrected chi connectivity index (χ2v) is 3.21. The highest BCUT2D eigenvalue weighted by molar-refractivity contribution is 5.69. The fraction of sp³-hybridized carbons (Fsp3) is 0.400. The van der Waals surface area contributed by atoms with Crippen LogP contribution >= 0.6 is 0 Å². The lowest BCUT2D eigenvalue weighted by Crippen LogP contribution is -2.39. The van der Waals surface area contributed by atoms with Gasteiger partial charge in [-0.15, -0.1) is 0 Å². The van der Waals surface area contributed by atoms with Crippen LogP contribution in [0.5, 0.6) is 0 Å². The minimum Gasteiger partial charge on any atom is -0.156 e. The average molecular weight is 176 g/mol. The lowest BCUT2D eigenvalue weighted by Gasteiger charge is -1.92. The van der Waals surface area contributed by atoms with E-state index in [1.807, 2.05) is 30.0 Å². The Labute approximate surface area is 77.6 Å². The van der Waals surface area contributed by atoms with Crippen molar-refractivity contribution in [3.8, 4) is 0 Å². The van der Waals surface area contributed by atoms with Crippen LogP contribution in [0.2, 0.25) is 0 Å². The maximum absolute atomic E-state index is 4.48. The van der Waals surface area contributed by atoms with E-state index in [1.54, 1.807) is 0 Å². The van der Waals surface area contributed by atoms with Crippen molar-refractivity contribution in [2.24, 2.45) is 7.05 Å². The van der Waals surface area contributed by atoms with Gasteiger partial charge in [0.15, 0.2) is 0 Å². The van der Waals surface area contributed by atoms with Gasteiger partial charge in [0.2, 0.25) is 11.0 Å². The molecule has 0 spiro atoms. The second kappa shape index (κ2) is 3.17. The summed E-state index contributed by atoms with van der Waals surface area (Å²) in [7, 11) is 2.05. The molecule has 0 N–H and O–H groups in total. The van der Waals surface area contributed by atoms with E-state index in [0.29, 0.717) is 0 Å². The number of hydrogen-bond acceptors (Lipinski definition) is 1. The van der Waals surface area contributed by atoms with Crippen LogP contribution in [0, 0.1) is 0 Å². The van der Waals surface area contributed by atoms with Crippen molar-refractivity contribution >= 4 is 11.0 Å². The number of hydrogen-bond donors (Lipinski definition) is 0. The first-order chi connectivity index (χ1) is 6.33. The minimum absolute atomic E-state index is 0.977. The molecule has 0 saturated carbocycles. The van der Waals surface area contributed by atoms with Crippen molar-refractivity contribution in [2.45, 2.75) is 19.9 Å². The number of benzene rings is 1. The summed E-state index contributed by atoms with van der Waals surface area (Å²) >= 11 is 0. The molecule has 68 valence electrons. The summed E-state index contributed by atoms with van der Waals surface area (Å²) in [5.41, 5.74) is 2.26. The Morgan fingerprint density at radius 2 is 2.15 bits per heavy atom. The highest BCUT2D eigenvalue weighted by Crippen LogP contribution is 2.04. The van der Waals surface area contributed by atoms with Gasteiger partial charge < -0.3 is 0 Å². The Morgan fingerprint density at radius 3 is 2.85 bits per heavy atom. The lowest BCUT2D eigenvalue weighted by molar-refractivity contribution is -0.736. The smallest absolute Gasteiger partial charge is 0.156 e. The van der Waals surface area contributed by atoms with Gasteiger partial charge in [0.25, 0.3) is 0 Å². The number of aromatic nitrogens is 3. The van der Waals surface area contributed by atoms with E-state index in [1.165, 1.54) is 5.52 Å². The monoisotopic (exact) mass is 176 g/mol. The molecule has 0 fully saturated rings. The molecule has 2 rings (SSSR count). The van der Waals surface area contributed by atoms with Crippen LogP contribution in [0.3, 0.4) is 0 Å². The van der Waals surface area contributed by atoms with Gasteiger partial charge in [0, 0.05) is 5.10 Å². The second-order valence-electron chi connectivity index (χ2n) is 3.21. The molecule has 0 aliphatic heterocycles. The Kier molecular flexibility index (Phi) is 2.00. The van der Waals surface area contributed by atoms with Crippen molar-refractivity contribution < 1.29 is 4.68 Å². The quantitative estimate of drug-likeness (QED) is 0.631. The predicted octanol–water partition coefficient (Wildman–Crippen LogP) is 1.27. The average Bonchev–Trinajstić information content (AvgIpc) is 2.46. The first-order valence-electron chi connectivity index (χ1n) is 4.65. The largest absolute Gasteiger partial charge is 0.249 e. The van der Waals surface area contributed by atoms with E-state index >= 15 is 0 Å². The molecule has 1 aromatic carbocycles. The predicted molar refractivity (Wildman–Crippen MR) is 51.2 cm³/mol. The third-order valence-electron chi connectivity index (χ3n) is 2.22. The maximum Gasteiger partial charge on any atom is 0.249 e. The molecular weight excluding hydrogens is 162 g/mol. The zero-order valence-electron chi connectivity index (χ0n) is 8.07. The Morgan fingerprint density at radius 1 is 1.38 bits per heavy atom. The topological polar surface area (TPSA) is 21.7 Å². The van der Waals surface area contributed by atoms with Crippen molar-refractivity contribution in [3.63, 3.8) is 0 Å². The van der Waals surface area contributed by atoms with Crippen molar-refractivity contribution in [1.29, 1.82) is 0 Å². The van der Waals surface area contributed by atoms with Crippen LogP contribution in [-0.2, 0) is 13.6 Å². The summed E-state index contributed by atoms with van der Waals surface area (Å²) in [6, 6.07) is 8.20. The maximum atomic E-state index is 4.48. The lowest BCUT2D eigenvalue weighted by atomic mass is 10.3. The van der Waals surface area contributed by atoms with Gasteiger partial charge in [-0.25, -0.2) is 0 Å². The number of para-hydroxylation sites is 1. The molecule has 0 radical (unpaired) electrons. The van der Waals surface area contributed by atoms with Crippen LogP contribution in [0.1, 0.15) is 13.3 Å². The molecule has 0 aliphatic carbocycles. The summed E-state index contributed by atoms with van der Waals surface area (Å²) in [5.74, 6) is 0. The fourth-order valence-corrected chi connectivity index (χ4v) is 1.54. The molecule has 0 bridgehead atoms. The number of rotatable bonds is 2. The number of nitrogens with zero attached hydrogens (tertiary/aromatic N) is 3. The molecule has 0 saturated heterocycles. The van der Waals surface area contributed by atoms with Crippen molar-refractivity contribution in [1.82, 2.24) is 9.90 Å². The molecule has 1 aromatic heterocycles. The summed E-state index contributed by atoms with van der Waals surface area (Å²) in [5, 5.41) is 4.48. The Balaban J connectivity index is 2.60. The van der Waals surface area contributed by atoms with Crippen molar-refractivity contribution in [3.05, 3.63) is 24.3 Å². The van der Waals surface area contributed by atoms with Gasteiger partial charge in [-0.2, -0.15) is 4.68 Å². The highest BCUT2D eigenvalue weighted by Gasteiger charge is 2.12. The summed E-state index contributed by atoms with van der Waals surface area (Å²) in [4.78, 5) is 2.00. The number of fused-ring (bicyclic) bond motifs is 1. The first kappa shape index (κ1) is 8.23. The highest BCUT2D eigenvalue weighted by atomic mass is 15.5. The SMILES string of the molecule is CCCn1nc2ccccc2[n+]1C. The molecule has 1 heterocycles. The molecule has 3 heteroatoms. The van der Waals surface area contributed by atoms with Gasteiger partial charge in [-0.3, -0.25) is 0 Å². The molecule has 3 nitrogen and oxygen atoms in total. The van der Waals surface area contributed by atoms with Crippen LogP contribution in [0.25, 0.3) is 11.0 Å². The zero-order chi connectivity index (χ0) is 9.26. The van der Waals surface area contributed by atoms with E-state index in [4.69, 9.17) is 0 Å². The van der Waals surface area contributed by atoms with E-state index in [-0.39, 0.29) is 0 Å². The van der Waals surface area contributed by atoms with E-state index < -0.39 is 0 Å². The van der Waals surface area contributed by atoms with Gasteiger partial charge in [-0.05, 0) is 23.4 Å². The zero-order valence-corrected chi connectivity index (χ0v) is 8.07. The normalized spacial score (nSPS) is 10.9. The Bertz CT molecular complexity index is 417. The molecule has 0 amide bonds. The molecule has 0 unspecified atom stereocenters.